The van der Waals surface area contributed by atoms with Gasteiger partial charge in [-0.05, 0) is 111 Å². The number of nitrogens with zero attached hydrogens (tertiary/aromatic N) is 6. The Bertz CT molecular complexity index is 3520. The molecular weight excluding hydrogens is 754 g/mol. The SMILES string of the molecule is c1ccc2c(c1)B1N(c3ccccc3-2)c2ccccc2N1c1nccc2cc(-c3ccc4c(c3)-c3ccccc3N3B4N(c4ccc5ccccc5n4)c4ccccc43)ccc12. The molecule has 0 radical (unpaired) electrons. The number of rotatable bonds is 3. The summed E-state index contributed by atoms with van der Waals surface area (Å²) in [6, 6.07) is 72.8. The molecule has 0 atom stereocenters. The highest BCUT2D eigenvalue weighted by atomic mass is 15.3. The summed E-state index contributed by atoms with van der Waals surface area (Å²) in [5.74, 6) is 1.88. The Balaban J connectivity index is 0.902. The quantitative estimate of drug-likeness (QED) is 0.166. The Morgan fingerprint density at radius 1 is 0.355 bits per heavy atom. The molecule has 4 aliphatic heterocycles. The lowest BCUT2D eigenvalue weighted by Gasteiger charge is -2.36. The maximum absolute atomic E-state index is 5.25. The molecule has 0 amide bonds. The van der Waals surface area contributed by atoms with Crippen molar-refractivity contribution in [2.24, 2.45) is 0 Å². The third kappa shape index (κ3) is 4.61. The number of aromatic nitrogens is 2. The minimum absolute atomic E-state index is 0.0809. The van der Waals surface area contributed by atoms with Gasteiger partial charge in [0.05, 0.1) is 28.3 Å². The molecule has 8 heteroatoms. The maximum Gasteiger partial charge on any atom is 0.422 e. The summed E-state index contributed by atoms with van der Waals surface area (Å²) in [6.07, 6.45) is 1.97. The number of para-hydroxylation sites is 7. The van der Waals surface area contributed by atoms with E-state index < -0.39 is 0 Å². The molecule has 0 N–H and O–H groups in total. The van der Waals surface area contributed by atoms with Crippen molar-refractivity contribution in [3.8, 4) is 33.4 Å². The molecule has 286 valence electrons. The first-order valence-corrected chi connectivity index (χ1v) is 21.3. The predicted molar refractivity (Wildman–Crippen MR) is 258 cm³/mol. The zero-order valence-electron chi connectivity index (χ0n) is 33.5. The standard InChI is InChI=1S/C54H34B2N6/c1-6-18-46-35(13-1)27-30-53(58-46)61-51-23-11-9-21-49(51)59-48-20-8-4-16-42(48)43-34-37(26-29-45(43)55(59)61)36-25-28-39-38(33-36)31-32-57-54(39)62-52-24-12-10-22-50(52)60-47-19-7-3-15-41(47)40-14-2-5-17-44(40)56(60)62/h1-34H. The molecule has 14 rings (SSSR count). The normalized spacial score (nSPS) is 13.9. The van der Waals surface area contributed by atoms with Crippen molar-refractivity contribution in [1.29, 1.82) is 0 Å². The second-order valence-corrected chi connectivity index (χ2v) is 16.6. The van der Waals surface area contributed by atoms with Crippen molar-refractivity contribution in [3.63, 3.8) is 0 Å². The molecule has 8 aromatic carbocycles. The van der Waals surface area contributed by atoms with Crippen LogP contribution in [0.25, 0.3) is 55.1 Å². The summed E-state index contributed by atoms with van der Waals surface area (Å²) in [4.78, 5) is 20.3. The van der Waals surface area contributed by atoms with Gasteiger partial charge in [0.1, 0.15) is 11.6 Å². The maximum atomic E-state index is 5.25. The molecule has 0 unspecified atom stereocenters. The van der Waals surface area contributed by atoms with E-state index in [-0.39, 0.29) is 14.0 Å². The average molecular weight is 789 g/mol. The highest BCUT2D eigenvalue weighted by molar-refractivity contribution is 6.87. The second-order valence-electron chi connectivity index (χ2n) is 16.6. The average Bonchev–Trinajstić information content (AvgIpc) is 3.88. The van der Waals surface area contributed by atoms with Gasteiger partial charge < -0.3 is 19.2 Å². The Morgan fingerprint density at radius 2 is 0.903 bits per heavy atom. The van der Waals surface area contributed by atoms with E-state index in [0.717, 1.165) is 44.7 Å². The minimum Gasteiger partial charge on any atom is -0.359 e. The summed E-state index contributed by atoms with van der Waals surface area (Å²) >= 11 is 0. The van der Waals surface area contributed by atoms with E-state index in [1.807, 2.05) is 6.20 Å². The van der Waals surface area contributed by atoms with Crippen LogP contribution in [0.15, 0.2) is 206 Å². The predicted octanol–water partition coefficient (Wildman–Crippen LogP) is 11.8. The van der Waals surface area contributed by atoms with Gasteiger partial charge in [0.15, 0.2) is 0 Å². The number of hydrogen-bond donors (Lipinski definition) is 0. The summed E-state index contributed by atoms with van der Waals surface area (Å²) in [5, 5.41) is 3.40. The number of anilines is 8. The summed E-state index contributed by atoms with van der Waals surface area (Å²) < 4.78 is 0. The molecule has 0 fully saturated rings. The van der Waals surface area contributed by atoms with Crippen LogP contribution < -0.4 is 30.2 Å². The van der Waals surface area contributed by atoms with Crippen molar-refractivity contribution in [2.75, 3.05) is 19.2 Å². The van der Waals surface area contributed by atoms with Gasteiger partial charge in [-0.25, -0.2) is 9.97 Å². The highest BCUT2D eigenvalue weighted by Crippen LogP contribution is 2.53. The molecule has 62 heavy (non-hydrogen) atoms. The van der Waals surface area contributed by atoms with E-state index in [1.165, 1.54) is 67.1 Å². The summed E-state index contributed by atoms with van der Waals surface area (Å²) in [7, 11) is 0. The fourth-order valence-corrected chi connectivity index (χ4v) is 10.8. The van der Waals surface area contributed by atoms with Gasteiger partial charge in [-0.1, -0.05) is 127 Å². The van der Waals surface area contributed by atoms with Gasteiger partial charge >= 0.3 is 14.0 Å². The Morgan fingerprint density at radius 3 is 1.66 bits per heavy atom. The van der Waals surface area contributed by atoms with E-state index in [1.54, 1.807) is 0 Å². The van der Waals surface area contributed by atoms with E-state index in [2.05, 4.69) is 219 Å². The van der Waals surface area contributed by atoms with Crippen LogP contribution in [0.3, 0.4) is 0 Å². The zero-order valence-corrected chi connectivity index (χ0v) is 33.5. The van der Waals surface area contributed by atoms with E-state index in [4.69, 9.17) is 9.97 Å². The fourth-order valence-electron chi connectivity index (χ4n) is 10.8. The molecule has 6 nitrogen and oxygen atoms in total. The second kappa shape index (κ2) is 12.7. The van der Waals surface area contributed by atoms with Crippen molar-refractivity contribution in [1.82, 2.24) is 9.97 Å². The van der Waals surface area contributed by atoms with Crippen LogP contribution in [0.1, 0.15) is 0 Å². The van der Waals surface area contributed by atoms with Gasteiger partial charge in [0.2, 0.25) is 0 Å². The van der Waals surface area contributed by atoms with Crippen LogP contribution in [-0.4, -0.2) is 23.9 Å². The van der Waals surface area contributed by atoms with Crippen molar-refractivity contribution >= 4 is 92.3 Å². The van der Waals surface area contributed by atoms with Crippen LogP contribution in [-0.2, 0) is 0 Å². The largest absolute Gasteiger partial charge is 0.422 e. The molecule has 0 saturated carbocycles. The van der Waals surface area contributed by atoms with Gasteiger partial charge in [-0.15, -0.1) is 0 Å². The molecule has 2 aromatic heterocycles. The molecular formula is C54H34B2N6. The number of pyridine rings is 2. The third-order valence-electron chi connectivity index (χ3n) is 13.4. The summed E-state index contributed by atoms with van der Waals surface area (Å²) in [5.41, 5.74) is 17.9. The Labute approximate surface area is 359 Å². The van der Waals surface area contributed by atoms with Crippen LogP contribution >= 0.6 is 0 Å². The highest BCUT2D eigenvalue weighted by Gasteiger charge is 2.50. The van der Waals surface area contributed by atoms with Gasteiger partial charge in [0.25, 0.3) is 0 Å². The monoisotopic (exact) mass is 788 g/mol. The lowest BCUT2D eigenvalue weighted by atomic mass is 9.59. The molecule has 4 aliphatic rings. The van der Waals surface area contributed by atoms with Gasteiger partial charge in [-0.3, -0.25) is 0 Å². The molecule has 0 spiro atoms. The first kappa shape index (κ1) is 33.7. The van der Waals surface area contributed by atoms with Gasteiger partial charge in [-0.2, -0.15) is 0 Å². The van der Waals surface area contributed by atoms with Crippen molar-refractivity contribution < 1.29 is 0 Å². The number of hydrogen-bond acceptors (Lipinski definition) is 6. The number of benzene rings is 8. The van der Waals surface area contributed by atoms with Crippen LogP contribution in [0.5, 0.6) is 0 Å². The fraction of sp³-hybridized carbons (Fsp3) is 0. The summed E-state index contributed by atoms with van der Waals surface area (Å²) in [6.45, 7) is -0.187. The molecule has 10 aromatic rings. The first-order chi connectivity index (χ1) is 30.8. The number of fused-ring (bicyclic) bond motifs is 18. The Hall–Kier alpha value is -8.09. The minimum atomic E-state index is -0.106. The van der Waals surface area contributed by atoms with E-state index >= 15 is 0 Å². The molecule has 0 bridgehead atoms. The van der Waals surface area contributed by atoms with E-state index in [9.17, 15) is 0 Å². The smallest absolute Gasteiger partial charge is 0.359 e. The van der Waals surface area contributed by atoms with Crippen LogP contribution in [0.2, 0.25) is 0 Å². The molecule has 0 aliphatic carbocycles. The van der Waals surface area contributed by atoms with Crippen molar-refractivity contribution in [2.45, 2.75) is 0 Å². The lowest BCUT2D eigenvalue weighted by Crippen LogP contribution is -2.55. The zero-order chi connectivity index (χ0) is 40.5. The van der Waals surface area contributed by atoms with E-state index in [0.29, 0.717) is 0 Å². The van der Waals surface area contributed by atoms with Gasteiger partial charge in [0, 0.05) is 39.5 Å². The van der Waals surface area contributed by atoms with Crippen molar-refractivity contribution in [3.05, 3.63) is 206 Å². The third-order valence-corrected chi connectivity index (χ3v) is 13.4. The van der Waals surface area contributed by atoms with Crippen LogP contribution in [0.4, 0.5) is 45.8 Å². The van der Waals surface area contributed by atoms with Crippen LogP contribution in [0, 0.1) is 0 Å². The first-order valence-electron chi connectivity index (χ1n) is 21.3. The topological polar surface area (TPSA) is 38.7 Å². The lowest BCUT2D eigenvalue weighted by molar-refractivity contribution is 1.27. The molecule has 6 heterocycles. The molecule has 0 saturated heterocycles. The Kier molecular flexibility index (Phi) is 6.91.